The minimum Gasteiger partial charge on any atom is -0.483 e. The third kappa shape index (κ3) is 2.91. The van der Waals surface area contributed by atoms with E-state index in [1.165, 1.54) is 4.90 Å². The van der Waals surface area contributed by atoms with Crippen LogP contribution in [0.1, 0.15) is 51.7 Å². The van der Waals surface area contributed by atoms with Crippen LogP contribution in [0.15, 0.2) is 42.6 Å². The fourth-order valence-electron chi connectivity index (χ4n) is 5.50. The smallest absolute Gasteiger partial charge is 0.268 e. The first kappa shape index (κ1) is 21.5. The number of fused-ring (bicyclic) bond motifs is 4. The van der Waals surface area contributed by atoms with E-state index in [1.807, 2.05) is 52.0 Å². The number of nitrogens with one attached hydrogen (secondary N) is 2. The van der Waals surface area contributed by atoms with Gasteiger partial charge in [-0.25, -0.2) is 0 Å². The van der Waals surface area contributed by atoms with Gasteiger partial charge < -0.3 is 20.3 Å². The molecule has 1 aromatic rings. The van der Waals surface area contributed by atoms with Gasteiger partial charge in [0.2, 0.25) is 11.8 Å². The highest BCUT2D eigenvalue weighted by Crippen LogP contribution is 2.55. The van der Waals surface area contributed by atoms with E-state index in [0.29, 0.717) is 30.1 Å². The molecular formula is C26H29N3O4. The number of anilines is 1. The minimum absolute atomic E-state index is 0.133. The number of hydrogen-bond acceptors (Lipinski definition) is 4. The fourth-order valence-corrected chi connectivity index (χ4v) is 5.50. The zero-order valence-electron chi connectivity index (χ0n) is 19.5. The van der Waals surface area contributed by atoms with Crippen molar-refractivity contribution in [2.45, 2.75) is 57.6 Å². The number of benzene rings is 1. The van der Waals surface area contributed by atoms with E-state index < -0.39 is 22.5 Å². The lowest BCUT2D eigenvalue weighted by atomic mass is 9.59. The quantitative estimate of drug-likeness (QED) is 0.694. The van der Waals surface area contributed by atoms with E-state index in [9.17, 15) is 14.4 Å². The van der Waals surface area contributed by atoms with Gasteiger partial charge in [-0.2, -0.15) is 0 Å². The predicted molar refractivity (Wildman–Crippen MR) is 125 cm³/mol. The predicted octanol–water partition coefficient (Wildman–Crippen LogP) is 3.28. The lowest BCUT2D eigenvalue weighted by Crippen LogP contribution is -2.60. The van der Waals surface area contributed by atoms with Crippen molar-refractivity contribution in [3.05, 3.63) is 53.8 Å². The maximum atomic E-state index is 13.8. The normalized spacial score (nSPS) is 27.2. The van der Waals surface area contributed by atoms with Gasteiger partial charge in [-0.1, -0.05) is 32.1 Å². The van der Waals surface area contributed by atoms with Gasteiger partial charge in [0.1, 0.15) is 23.1 Å². The third-order valence-corrected chi connectivity index (χ3v) is 7.52. The number of carbonyl (C=O) groups excluding carboxylic acids is 3. The van der Waals surface area contributed by atoms with Crippen LogP contribution in [0.25, 0.3) is 6.08 Å². The summed E-state index contributed by atoms with van der Waals surface area (Å²) in [7, 11) is 0. The first-order valence-corrected chi connectivity index (χ1v) is 11.3. The molecule has 0 saturated carbocycles. The SMILES string of the molecule is C=CC(C)(C)[C@@]1(C[C@@H]2NC(=O)C3=CCCN3C2=O)C(=O)Nc2c1ccc1c2C=CC(C)(C)O1. The summed E-state index contributed by atoms with van der Waals surface area (Å²) in [6.45, 7) is 12.3. The highest BCUT2D eigenvalue weighted by atomic mass is 16.5. The number of carbonyl (C=O) groups is 3. The number of hydrogen-bond donors (Lipinski definition) is 2. The van der Waals surface area contributed by atoms with Gasteiger partial charge in [0, 0.05) is 17.5 Å². The lowest BCUT2D eigenvalue weighted by Gasteiger charge is -2.44. The Balaban J connectivity index is 1.63. The number of rotatable bonds is 4. The van der Waals surface area contributed by atoms with Gasteiger partial charge >= 0.3 is 0 Å². The first-order chi connectivity index (χ1) is 15.5. The summed E-state index contributed by atoms with van der Waals surface area (Å²) < 4.78 is 6.11. The highest BCUT2D eigenvalue weighted by Gasteiger charge is 2.58. The zero-order chi connectivity index (χ0) is 23.8. The molecule has 2 atom stereocenters. The van der Waals surface area contributed by atoms with Crippen molar-refractivity contribution in [3.63, 3.8) is 0 Å². The molecule has 0 aromatic heterocycles. The Morgan fingerprint density at radius 3 is 2.76 bits per heavy atom. The van der Waals surface area contributed by atoms with Crippen LogP contribution in [0.5, 0.6) is 5.75 Å². The van der Waals surface area contributed by atoms with E-state index in [-0.39, 0.29) is 24.1 Å². The molecule has 2 N–H and O–H groups in total. The second-order valence-electron chi connectivity index (χ2n) is 10.3. The molecule has 0 bridgehead atoms. The van der Waals surface area contributed by atoms with Gasteiger partial charge in [-0.3, -0.25) is 14.4 Å². The third-order valence-electron chi connectivity index (χ3n) is 7.52. The van der Waals surface area contributed by atoms with Gasteiger partial charge in [0.15, 0.2) is 0 Å². The minimum atomic E-state index is -1.10. The molecule has 0 spiro atoms. The molecule has 3 amide bonds. The van der Waals surface area contributed by atoms with Crippen molar-refractivity contribution in [2.24, 2.45) is 5.41 Å². The van der Waals surface area contributed by atoms with E-state index >= 15 is 0 Å². The van der Waals surface area contributed by atoms with Crippen LogP contribution in [0.2, 0.25) is 0 Å². The van der Waals surface area contributed by atoms with Crippen LogP contribution in [0, 0.1) is 5.41 Å². The fraction of sp³-hybridized carbons (Fsp3) is 0.423. The van der Waals surface area contributed by atoms with Crippen molar-refractivity contribution in [2.75, 3.05) is 11.9 Å². The molecule has 33 heavy (non-hydrogen) atoms. The number of amides is 3. The summed E-state index contributed by atoms with van der Waals surface area (Å²) in [4.78, 5) is 41.3. The summed E-state index contributed by atoms with van der Waals surface area (Å²) >= 11 is 0. The van der Waals surface area contributed by atoms with Crippen LogP contribution >= 0.6 is 0 Å². The maximum Gasteiger partial charge on any atom is 0.268 e. The summed E-state index contributed by atoms with van der Waals surface area (Å²) in [5.41, 5.74) is 0.440. The topological polar surface area (TPSA) is 87.7 Å². The van der Waals surface area contributed by atoms with Crippen LogP contribution < -0.4 is 15.4 Å². The Morgan fingerprint density at radius 2 is 2.03 bits per heavy atom. The van der Waals surface area contributed by atoms with Gasteiger partial charge in [0.05, 0.1) is 11.1 Å². The molecule has 7 heteroatoms. The molecule has 0 aliphatic carbocycles. The number of piperazine rings is 1. The molecule has 5 rings (SSSR count). The molecule has 1 saturated heterocycles. The van der Waals surface area contributed by atoms with E-state index in [0.717, 1.165) is 11.1 Å². The molecule has 172 valence electrons. The maximum absolute atomic E-state index is 13.8. The number of nitrogens with zero attached hydrogens (tertiary/aromatic N) is 1. The van der Waals surface area contributed by atoms with Crippen LogP contribution in [-0.2, 0) is 19.8 Å². The van der Waals surface area contributed by atoms with Crippen molar-refractivity contribution in [1.29, 1.82) is 0 Å². The standard InChI is InChI=1S/C26H29N3O4/c1-6-24(2,3)26(14-17-22(31)29-13-7-8-18(29)21(30)27-17)16-9-10-19-15(20(16)28-23(26)32)11-12-25(4,5)33-19/h6,8-12,17H,1,7,13-14H2,2-5H3,(H,27,30)(H,28,32)/t17-,26+/m0/s1. The Kier molecular flexibility index (Phi) is 4.45. The lowest BCUT2D eigenvalue weighted by molar-refractivity contribution is -0.141. The molecule has 0 radical (unpaired) electrons. The van der Waals surface area contributed by atoms with Gasteiger partial charge in [-0.05, 0) is 50.5 Å². The van der Waals surface area contributed by atoms with E-state index in [2.05, 4.69) is 17.2 Å². The Morgan fingerprint density at radius 1 is 1.27 bits per heavy atom. The molecular weight excluding hydrogens is 418 g/mol. The second-order valence-corrected chi connectivity index (χ2v) is 10.3. The number of ether oxygens (including phenoxy) is 1. The monoisotopic (exact) mass is 447 g/mol. The summed E-state index contributed by atoms with van der Waals surface area (Å²) in [5, 5.41) is 5.94. The average molecular weight is 448 g/mol. The van der Waals surface area contributed by atoms with Crippen molar-refractivity contribution >= 4 is 29.5 Å². The van der Waals surface area contributed by atoms with Crippen molar-refractivity contribution < 1.29 is 19.1 Å². The highest BCUT2D eigenvalue weighted by molar-refractivity contribution is 6.11. The zero-order valence-corrected chi connectivity index (χ0v) is 19.5. The van der Waals surface area contributed by atoms with E-state index in [1.54, 1.807) is 12.2 Å². The summed E-state index contributed by atoms with van der Waals surface area (Å²) in [6, 6.07) is 2.98. The molecule has 4 heterocycles. The molecule has 0 unspecified atom stereocenters. The molecule has 1 fully saturated rings. The van der Waals surface area contributed by atoms with Crippen molar-refractivity contribution in [1.82, 2.24) is 10.2 Å². The Bertz CT molecular complexity index is 1180. The molecule has 4 aliphatic rings. The van der Waals surface area contributed by atoms with E-state index in [4.69, 9.17) is 4.74 Å². The van der Waals surface area contributed by atoms with Crippen LogP contribution in [0.4, 0.5) is 5.69 Å². The van der Waals surface area contributed by atoms with Crippen LogP contribution in [-0.4, -0.2) is 40.8 Å². The summed E-state index contributed by atoms with van der Waals surface area (Å²) in [6.07, 6.45) is 8.27. The van der Waals surface area contributed by atoms with Crippen LogP contribution in [0.3, 0.4) is 0 Å². The van der Waals surface area contributed by atoms with Gasteiger partial charge in [-0.15, -0.1) is 6.58 Å². The molecule has 4 aliphatic heterocycles. The molecule has 1 aromatic carbocycles. The number of allylic oxidation sites excluding steroid dienone is 1. The summed E-state index contributed by atoms with van der Waals surface area (Å²) in [5.74, 6) is 0.0366. The second kappa shape index (κ2) is 6.83. The molecule has 7 nitrogen and oxygen atoms in total. The Hall–Kier alpha value is -3.35. The Labute approximate surface area is 193 Å². The van der Waals surface area contributed by atoms with Crippen molar-refractivity contribution in [3.8, 4) is 5.75 Å². The largest absolute Gasteiger partial charge is 0.483 e. The average Bonchev–Trinajstić information content (AvgIpc) is 3.35. The first-order valence-electron chi connectivity index (χ1n) is 11.3. The van der Waals surface area contributed by atoms with Gasteiger partial charge in [0.25, 0.3) is 5.91 Å².